The standard InChI is InChI=1S/C15H22BrNS/c1-14(2,12-5-7-13(16)8-6-12)17-11-15(18-3)9-4-10-15/h5-8,17H,4,9-11H2,1-3H3. The van der Waals surface area contributed by atoms with E-state index in [2.05, 4.69) is 65.6 Å². The summed E-state index contributed by atoms with van der Waals surface area (Å²) < 4.78 is 1.63. The van der Waals surface area contributed by atoms with Crippen molar-refractivity contribution in [3.05, 3.63) is 34.3 Å². The summed E-state index contributed by atoms with van der Waals surface area (Å²) >= 11 is 5.52. The summed E-state index contributed by atoms with van der Waals surface area (Å²) in [7, 11) is 0. The van der Waals surface area contributed by atoms with Crippen LogP contribution in [0.15, 0.2) is 28.7 Å². The molecule has 18 heavy (non-hydrogen) atoms. The first-order chi connectivity index (χ1) is 8.47. The molecule has 100 valence electrons. The van der Waals surface area contributed by atoms with Crippen LogP contribution in [0.4, 0.5) is 0 Å². The van der Waals surface area contributed by atoms with Crippen LogP contribution in [0.25, 0.3) is 0 Å². The Morgan fingerprint density at radius 3 is 2.33 bits per heavy atom. The second-order valence-corrected chi connectivity index (χ2v) is 7.92. The summed E-state index contributed by atoms with van der Waals surface area (Å²) in [5, 5.41) is 3.75. The van der Waals surface area contributed by atoms with E-state index < -0.39 is 0 Å². The minimum absolute atomic E-state index is 0.0407. The van der Waals surface area contributed by atoms with Gasteiger partial charge in [-0.05, 0) is 50.6 Å². The third kappa shape index (κ3) is 3.12. The molecule has 1 aliphatic rings. The molecule has 2 rings (SSSR count). The number of hydrogen-bond donors (Lipinski definition) is 1. The predicted octanol–water partition coefficient (Wildman–Crippen LogP) is 4.56. The molecule has 0 aromatic heterocycles. The zero-order chi connectivity index (χ0) is 13.2. The number of nitrogens with one attached hydrogen (secondary N) is 1. The highest BCUT2D eigenvalue weighted by molar-refractivity contribution is 9.10. The van der Waals surface area contributed by atoms with Gasteiger partial charge in [-0.15, -0.1) is 0 Å². The number of benzene rings is 1. The van der Waals surface area contributed by atoms with Crippen molar-refractivity contribution in [3.8, 4) is 0 Å². The minimum atomic E-state index is 0.0407. The molecule has 1 N–H and O–H groups in total. The fourth-order valence-electron chi connectivity index (χ4n) is 2.37. The van der Waals surface area contributed by atoms with E-state index in [9.17, 15) is 0 Å². The maximum absolute atomic E-state index is 3.75. The lowest BCUT2D eigenvalue weighted by Crippen LogP contribution is -2.49. The summed E-state index contributed by atoms with van der Waals surface area (Å²) in [4.78, 5) is 0. The van der Waals surface area contributed by atoms with Crippen LogP contribution >= 0.6 is 27.7 Å². The Balaban J connectivity index is 2.00. The maximum Gasteiger partial charge on any atom is 0.0377 e. The van der Waals surface area contributed by atoms with Crippen LogP contribution in [0.3, 0.4) is 0 Å². The Morgan fingerprint density at radius 1 is 1.28 bits per heavy atom. The van der Waals surface area contributed by atoms with Gasteiger partial charge in [-0.3, -0.25) is 0 Å². The molecule has 0 atom stereocenters. The number of halogens is 1. The van der Waals surface area contributed by atoms with Crippen LogP contribution in [-0.4, -0.2) is 17.5 Å². The fraction of sp³-hybridized carbons (Fsp3) is 0.600. The molecule has 1 aromatic carbocycles. The Hall–Kier alpha value is 0.01000. The van der Waals surface area contributed by atoms with E-state index in [4.69, 9.17) is 0 Å². The zero-order valence-corrected chi connectivity index (χ0v) is 13.8. The molecular weight excluding hydrogens is 306 g/mol. The van der Waals surface area contributed by atoms with Crippen molar-refractivity contribution in [2.75, 3.05) is 12.8 Å². The molecule has 0 heterocycles. The first kappa shape index (κ1) is 14.4. The third-order valence-corrected chi connectivity index (χ3v) is 6.06. The number of hydrogen-bond acceptors (Lipinski definition) is 2. The number of thioether (sulfide) groups is 1. The van der Waals surface area contributed by atoms with Crippen LogP contribution in [0.1, 0.15) is 38.7 Å². The van der Waals surface area contributed by atoms with Crippen LogP contribution in [0.2, 0.25) is 0 Å². The second kappa shape index (κ2) is 5.56. The molecule has 0 amide bonds. The molecule has 0 unspecified atom stereocenters. The van der Waals surface area contributed by atoms with Gasteiger partial charge in [0.25, 0.3) is 0 Å². The molecular formula is C15H22BrNS. The van der Waals surface area contributed by atoms with Gasteiger partial charge in [0, 0.05) is 21.3 Å². The average molecular weight is 328 g/mol. The van der Waals surface area contributed by atoms with Crippen LogP contribution in [-0.2, 0) is 5.54 Å². The summed E-state index contributed by atoms with van der Waals surface area (Å²) in [6.07, 6.45) is 6.35. The second-order valence-electron chi connectivity index (χ2n) is 5.73. The van der Waals surface area contributed by atoms with Gasteiger partial charge in [0.1, 0.15) is 0 Å². The number of rotatable bonds is 5. The molecule has 1 aromatic rings. The van der Waals surface area contributed by atoms with Gasteiger partial charge in [0.05, 0.1) is 0 Å². The Kier molecular flexibility index (Phi) is 4.45. The smallest absolute Gasteiger partial charge is 0.0377 e. The lowest BCUT2D eigenvalue weighted by molar-refractivity contribution is 0.297. The Bertz CT molecular complexity index is 390. The van der Waals surface area contributed by atoms with Crippen molar-refractivity contribution in [1.29, 1.82) is 0 Å². The monoisotopic (exact) mass is 327 g/mol. The van der Waals surface area contributed by atoms with E-state index in [1.165, 1.54) is 24.8 Å². The van der Waals surface area contributed by atoms with Gasteiger partial charge < -0.3 is 5.32 Å². The molecule has 1 aliphatic carbocycles. The molecule has 0 saturated heterocycles. The van der Waals surface area contributed by atoms with Gasteiger partial charge in [-0.25, -0.2) is 0 Å². The van der Waals surface area contributed by atoms with E-state index in [-0.39, 0.29) is 5.54 Å². The van der Waals surface area contributed by atoms with Gasteiger partial charge in [-0.2, -0.15) is 11.8 Å². The van der Waals surface area contributed by atoms with E-state index in [1.54, 1.807) is 0 Å². The summed E-state index contributed by atoms with van der Waals surface area (Å²) in [5.41, 5.74) is 1.39. The van der Waals surface area contributed by atoms with Crippen molar-refractivity contribution in [1.82, 2.24) is 5.32 Å². The largest absolute Gasteiger partial charge is 0.306 e. The summed E-state index contributed by atoms with van der Waals surface area (Å²) in [5.74, 6) is 0. The minimum Gasteiger partial charge on any atom is -0.306 e. The SMILES string of the molecule is CSC1(CNC(C)(C)c2ccc(Br)cc2)CCC1. The zero-order valence-electron chi connectivity index (χ0n) is 11.4. The van der Waals surface area contributed by atoms with Gasteiger partial charge in [-0.1, -0.05) is 34.5 Å². The molecule has 0 spiro atoms. The summed E-state index contributed by atoms with van der Waals surface area (Å²) in [6.45, 7) is 5.64. The van der Waals surface area contributed by atoms with E-state index in [1.807, 2.05) is 11.8 Å². The third-order valence-electron chi connectivity index (χ3n) is 4.12. The average Bonchev–Trinajstić information content (AvgIpc) is 2.29. The van der Waals surface area contributed by atoms with E-state index in [0.29, 0.717) is 4.75 Å². The predicted molar refractivity (Wildman–Crippen MR) is 85.3 cm³/mol. The van der Waals surface area contributed by atoms with E-state index >= 15 is 0 Å². The first-order valence-electron chi connectivity index (χ1n) is 6.54. The molecule has 0 bridgehead atoms. The molecule has 0 aliphatic heterocycles. The lowest BCUT2D eigenvalue weighted by Gasteiger charge is -2.43. The normalized spacial score (nSPS) is 18.4. The van der Waals surface area contributed by atoms with Crippen molar-refractivity contribution >= 4 is 27.7 Å². The topological polar surface area (TPSA) is 12.0 Å². The van der Waals surface area contributed by atoms with Crippen LogP contribution in [0.5, 0.6) is 0 Å². The Morgan fingerprint density at radius 2 is 1.89 bits per heavy atom. The van der Waals surface area contributed by atoms with Gasteiger partial charge in [0.2, 0.25) is 0 Å². The van der Waals surface area contributed by atoms with E-state index in [0.717, 1.165) is 11.0 Å². The van der Waals surface area contributed by atoms with Crippen molar-refractivity contribution < 1.29 is 0 Å². The molecule has 1 saturated carbocycles. The quantitative estimate of drug-likeness (QED) is 0.850. The fourth-order valence-corrected chi connectivity index (χ4v) is 3.55. The van der Waals surface area contributed by atoms with Crippen molar-refractivity contribution in [2.45, 2.75) is 43.4 Å². The summed E-state index contributed by atoms with van der Waals surface area (Å²) in [6, 6.07) is 8.63. The molecule has 1 fully saturated rings. The first-order valence-corrected chi connectivity index (χ1v) is 8.55. The molecule has 1 nitrogen and oxygen atoms in total. The van der Waals surface area contributed by atoms with Crippen molar-refractivity contribution in [2.24, 2.45) is 0 Å². The van der Waals surface area contributed by atoms with Crippen LogP contribution < -0.4 is 5.32 Å². The van der Waals surface area contributed by atoms with Crippen molar-refractivity contribution in [3.63, 3.8) is 0 Å². The van der Waals surface area contributed by atoms with Crippen LogP contribution in [0, 0.1) is 0 Å². The molecule has 0 radical (unpaired) electrons. The highest BCUT2D eigenvalue weighted by Crippen LogP contribution is 2.42. The van der Waals surface area contributed by atoms with Gasteiger partial charge in [0.15, 0.2) is 0 Å². The Labute approximate surface area is 123 Å². The molecule has 3 heteroatoms. The lowest BCUT2D eigenvalue weighted by atomic mass is 9.83. The highest BCUT2D eigenvalue weighted by atomic mass is 79.9. The maximum atomic E-state index is 3.75. The van der Waals surface area contributed by atoms with Gasteiger partial charge >= 0.3 is 0 Å². The highest BCUT2D eigenvalue weighted by Gasteiger charge is 2.37.